The fourth-order valence-electron chi connectivity index (χ4n) is 2.80. The molecule has 0 heterocycles. The molecule has 2 aromatic carbocycles. The first-order valence-electron chi connectivity index (χ1n) is 10.3. The zero-order chi connectivity index (χ0) is 24.6. The highest BCUT2D eigenvalue weighted by Gasteiger charge is 2.29. The third-order valence-corrected chi connectivity index (χ3v) is 5.21. The van der Waals surface area contributed by atoms with Gasteiger partial charge in [0, 0.05) is 0 Å². The number of carbonyl (C=O) groups is 3. The number of halogens is 1. The molecule has 33 heavy (non-hydrogen) atoms. The van der Waals surface area contributed by atoms with Crippen LogP contribution in [0.1, 0.15) is 44.9 Å². The fourth-order valence-corrected chi connectivity index (χ4v) is 3.56. The van der Waals surface area contributed by atoms with E-state index in [2.05, 4.69) is 33.2 Å². The normalized spacial score (nSPS) is 12.8. The van der Waals surface area contributed by atoms with Gasteiger partial charge in [-0.1, -0.05) is 36.4 Å². The Morgan fingerprint density at radius 3 is 2.27 bits per heavy atom. The molecular weight excluding hydrogens is 539 g/mol. The van der Waals surface area contributed by atoms with E-state index in [9.17, 15) is 14.4 Å². The van der Waals surface area contributed by atoms with Gasteiger partial charge in [0.1, 0.15) is 30.0 Å². The van der Waals surface area contributed by atoms with E-state index in [1.807, 2.05) is 30.3 Å². The predicted molar refractivity (Wildman–Crippen MR) is 132 cm³/mol. The second-order valence-electron chi connectivity index (χ2n) is 8.30. The molecule has 0 aliphatic heterocycles. The summed E-state index contributed by atoms with van der Waals surface area (Å²) in [5, 5.41) is 5.20. The number of hydrogen-bond acceptors (Lipinski definition) is 6. The van der Waals surface area contributed by atoms with Crippen LogP contribution in [0.25, 0.3) is 0 Å². The highest BCUT2D eigenvalue weighted by molar-refractivity contribution is 14.1. The molecule has 178 valence electrons. The fraction of sp³-hybridized carbons (Fsp3) is 0.375. The van der Waals surface area contributed by atoms with Crippen LogP contribution in [0.15, 0.2) is 48.5 Å². The SMILES string of the molecule is COc1ccc([C@H](NC(=O)OC(C)(C)C)C(=O)N[C@@H](C)C(=O)OCc2ccccc2)cc1I. The number of rotatable bonds is 8. The number of alkyl carbamates (subject to hydrolysis) is 1. The van der Waals surface area contributed by atoms with Gasteiger partial charge >= 0.3 is 12.1 Å². The molecule has 2 N–H and O–H groups in total. The van der Waals surface area contributed by atoms with Gasteiger partial charge in [0.2, 0.25) is 5.91 Å². The Balaban J connectivity index is 2.13. The Labute approximate surface area is 207 Å². The summed E-state index contributed by atoms with van der Waals surface area (Å²) in [6, 6.07) is 12.3. The Hall–Kier alpha value is -2.82. The van der Waals surface area contributed by atoms with Crippen LogP contribution in [-0.4, -0.2) is 36.7 Å². The topological polar surface area (TPSA) is 103 Å². The van der Waals surface area contributed by atoms with Crippen LogP contribution >= 0.6 is 22.6 Å². The molecule has 0 fully saturated rings. The number of benzene rings is 2. The number of esters is 1. The molecule has 0 saturated carbocycles. The van der Waals surface area contributed by atoms with E-state index >= 15 is 0 Å². The van der Waals surface area contributed by atoms with Gasteiger partial charge in [-0.25, -0.2) is 9.59 Å². The Kier molecular flexibility index (Phi) is 9.51. The monoisotopic (exact) mass is 568 g/mol. The molecule has 0 spiro atoms. The van der Waals surface area contributed by atoms with Crippen molar-refractivity contribution in [1.82, 2.24) is 10.6 Å². The molecular formula is C24H29IN2O6. The molecule has 2 aromatic rings. The van der Waals surface area contributed by atoms with Gasteiger partial charge in [0.05, 0.1) is 10.7 Å². The van der Waals surface area contributed by atoms with E-state index in [1.54, 1.807) is 46.1 Å². The standard InChI is InChI=1S/C24H29IN2O6/c1-15(22(29)32-14-16-9-7-6-8-10-16)26-21(28)20(27-23(30)33-24(2,3)4)17-11-12-19(31-5)18(25)13-17/h6-13,15,20H,14H2,1-5H3,(H,26,28)(H,27,30)/t15-,20-/m0/s1. The summed E-state index contributed by atoms with van der Waals surface area (Å²) < 4.78 is 16.6. The third-order valence-electron chi connectivity index (χ3n) is 4.37. The second kappa shape index (κ2) is 11.9. The third kappa shape index (κ3) is 8.56. The van der Waals surface area contributed by atoms with Crippen molar-refractivity contribution >= 4 is 40.6 Å². The second-order valence-corrected chi connectivity index (χ2v) is 9.46. The summed E-state index contributed by atoms with van der Waals surface area (Å²) in [7, 11) is 1.54. The number of amides is 2. The van der Waals surface area contributed by atoms with Crippen molar-refractivity contribution in [3.63, 3.8) is 0 Å². The predicted octanol–water partition coefficient (Wildman–Crippen LogP) is 4.11. The van der Waals surface area contributed by atoms with E-state index in [4.69, 9.17) is 14.2 Å². The molecule has 0 bridgehead atoms. The molecule has 0 radical (unpaired) electrons. The molecule has 0 aliphatic rings. The van der Waals surface area contributed by atoms with Gasteiger partial charge in [-0.05, 0) is 73.5 Å². The lowest BCUT2D eigenvalue weighted by molar-refractivity contribution is -0.148. The van der Waals surface area contributed by atoms with E-state index < -0.39 is 35.7 Å². The first kappa shape index (κ1) is 26.4. The van der Waals surface area contributed by atoms with Crippen LogP contribution in [0.5, 0.6) is 5.75 Å². The van der Waals surface area contributed by atoms with Crippen molar-refractivity contribution < 1.29 is 28.6 Å². The Morgan fingerprint density at radius 2 is 1.70 bits per heavy atom. The summed E-state index contributed by atoms with van der Waals surface area (Å²) in [4.78, 5) is 37.9. The lowest BCUT2D eigenvalue weighted by atomic mass is 10.1. The van der Waals surface area contributed by atoms with Gasteiger partial charge in [0.15, 0.2) is 0 Å². The van der Waals surface area contributed by atoms with Gasteiger partial charge in [-0.3, -0.25) is 4.79 Å². The van der Waals surface area contributed by atoms with Gasteiger partial charge in [-0.2, -0.15) is 0 Å². The maximum atomic E-state index is 13.1. The largest absolute Gasteiger partial charge is 0.496 e. The van der Waals surface area contributed by atoms with Crippen LogP contribution < -0.4 is 15.4 Å². The summed E-state index contributed by atoms with van der Waals surface area (Å²) in [5.74, 6) is -0.535. The zero-order valence-electron chi connectivity index (χ0n) is 19.3. The lowest BCUT2D eigenvalue weighted by Crippen LogP contribution is -2.47. The zero-order valence-corrected chi connectivity index (χ0v) is 21.5. The van der Waals surface area contributed by atoms with Crippen LogP contribution in [0.4, 0.5) is 4.79 Å². The number of hydrogen-bond donors (Lipinski definition) is 2. The highest BCUT2D eigenvalue weighted by Crippen LogP contribution is 2.25. The molecule has 9 heteroatoms. The number of ether oxygens (including phenoxy) is 3. The summed E-state index contributed by atoms with van der Waals surface area (Å²) >= 11 is 2.08. The minimum Gasteiger partial charge on any atom is -0.496 e. The molecule has 0 aromatic heterocycles. The maximum absolute atomic E-state index is 13.1. The minimum absolute atomic E-state index is 0.0934. The van der Waals surface area contributed by atoms with Crippen LogP contribution in [0, 0.1) is 3.57 Å². The smallest absolute Gasteiger partial charge is 0.408 e. The molecule has 0 unspecified atom stereocenters. The van der Waals surface area contributed by atoms with E-state index in [1.165, 1.54) is 6.92 Å². The van der Waals surface area contributed by atoms with Crippen molar-refractivity contribution in [2.45, 2.75) is 52.0 Å². The van der Waals surface area contributed by atoms with Crippen molar-refractivity contribution in [3.8, 4) is 5.75 Å². The van der Waals surface area contributed by atoms with Gasteiger partial charge < -0.3 is 24.8 Å². The average molecular weight is 568 g/mol. The summed E-state index contributed by atoms with van der Waals surface area (Å²) in [5.41, 5.74) is 0.601. The molecule has 2 amide bonds. The molecule has 0 saturated heterocycles. The summed E-state index contributed by atoms with van der Waals surface area (Å²) in [6.45, 7) is 6.79. The van der Waals surface area contributed by atoms with Crippen LogP contribution in [-0.2, 0) is 25.7 Å². The van der Waals surface area contributed by atoms with Crippen molar-refractivity contribution in [2.24, 2.45) is 0 Å². The molecule has 0 aliphatic carbocycles. The van der Waals surface area contributed by atoms with Crippen molar-refractivity contribution in [2.75, 3.05) is 7.11 Å². The maximum Gasteiger partial charge on any atom is 0.408 e. The lowest BCUT2D eigenvalue weighted by Gasteiger charge is -2.24. The molecule has 2 rings (SSSR count). The van der Waals surface area contributed by atoms with E-state index in [0.29, 0.717) is 11.3 Å². The van der Waals surface area contributed by atoms with Gasteiger partial charge in [-0.15, -0.1) is 0 Å². The van der Waals surface area contributed by atoms with Crippen LogP contribution in [0.3, 0.4) is 0 Å². The highest BCUT2D eigenvalue weighted by atomic mass is 127. The summed E-state index contributed by atoms with van der Waals surface area (Å²) in [6.07, 6.45) is -0.757. The van der Waals surface area contributed by atoms with E-state index in [0.717, 1.165) is 9.13 Å². The number of methoxy groups -OCH3 is 1. The molecule has 8 nitrogen and oxygen atoms in total. The average Bonchev–Trinajstić information content (AvgIpc) is 2.75. The van der Waals surface area contributed by atoms with Crippen molar-refractivity contribution in [3.05, 3.63) is 63.2 Å². The van der Waals surface area contributed by atoms with Gasteiger partial charge in [0.25, 0.3) is 0 Å². The van der Waals surface area contributed by atoms with Crippen molar-refractivity contribution in [1.29, 1.82) is 0 Å². The Bertz CT molecular complexity index is 975. The number of nitrogens with one attached hydrogen (secondary N) is 2. The quantitative estimate of drug-likeness (QED) is 0.367. The first-order valence-corrected chi connectivity index (χ1v) is 11.4. The van der Waals surface area contributed by atoms with Crippen LogP contribution in [0.2, 0.25) is 0 Å². The Morgan fingerprint density at radius 1 is 1.03 bits per heavy atom. The first-order chi connectivity index (χ1) is 15.5. The molecule has 2 atom stereocenters. The van der Waals surface area contributed by atoms with E-state index in [-0.39, 0.29) is 6.61 Å². The minimum atomic E-state index is -1.09. The number of carbonyl (C=O) groups excluding carboxylic acids is 3.